The van der Waals surface area contributed by atoms with E-state index in [-0.39, 0.29) is 6.42 Å². The quantitative estimate of drug-likeness (QED) is 0.736. The Labute approximate surface area is 84.9 Å². The van der Waals surface area contributed by atoms with Gasteiger partial charge in [0, 0.05) is 10.9 Å². The number of nitrogens with zero attached hydrogens (tertiary/aromatic N) is 1. The smallest absolute Gasteiger partial charge is 0.260 e. The summed E-state index contributed by atoms with van der Waals surface area (Å²) in [5.74, 6) is 0. The fraction of sp³-hybridized carbons (Fsp3) is 0.500. The largest absolute Gasteiger partial charge is 0.524 e. The number of rotatable bonds is 1. The van der Waals surface area contributed by atoms with Gasteiger partial charge in [0.1, 0.15) is 6.07 Å². The molecule has 13 heavy (non-hydrogen) atoms. The molecule has 0 N–H and O–H groups in total. The maximum Gasteiger partial charge on any atom is 0.524 e. The van der Waals surface area contributed by atoms with E-state index in [4.69, 9.17) is 5.26 Å². The van der Waals surface area contributed by atoms with Crippen molar-refractivity contribution in [3.8, 4) is 6.07 Å². The standard InChI is InChI=1S/C6H3BrF3NOS/c7-4-1-5(3-11,13-2-4)12-6(8,9)10/h2H,1H2. The van der Waals surface area contributed by atoms with Crippen molar-refractivity contribution >= 4 is 27.7 Å². The number of halogens is 4. The van der Waals surface area contributed by atoms with Crippen molar-refractivity contribution in [2.45, 2.75) is 17.7 Å². The molecule has 0 amide bonds. The van der Waals surface area contributed by atoms with Crippen LogP contribution in [0, 0.1) is 11.3 Å². The van der Waals surface area contributed by atoms with Gasteiger partial charge in [0.15, 0.2) is 0 Å². The second kappa shape index (κ2) is 3.52. The van der Waals surface area contributed by atoms with Gasteiger partial charge in [0.2, 0.25) is 4.93 Å². The van der Waals surface area contributed by atoms with Crippen LogP contribution < -0.4 is 0 Å². The lowest BCUT2D eigenvalue weighted by Crippen LogP contribution is -2.31. The van der Waals surface area contributed by atoms with Gasteiger partial charge in [-0.2, -0.15) is 5.26 Å². The van der Waals surface area contributed by atoms with Crippen molar-refractivity contribution < 1.29 is 17.9 Å². The van der Waals surface area contributed by atoms with Crippen LogP contribution in [-0.2, 0) is 4.74 Å². The van der Waals surface area contributed by atoms with Gasteiger partial charge >= 0.3 is 6.36 Å². The topological polar surface area (TPSA) is 33.0 Å². The molecule has 0 radical (unpaired) electrons. The van der Waals surface area contributed by atoms with Gasteiger partial charge in [-0.3, -0.25) is 4.74 Å². The molecule has 1 aliphatic heterocycles. The van der Waals surface area contributed by atoms with Crippen LogP contribution in [0.3, 0.4) is 0 Å². The van der Waals surface area contributed by atoms with E-state index in [1.807, 2.05) is 0 Å². The molecule has 7 heteroatoms. The monoisotopic (exact) mass is 273 g/mol. The van der Waals surface area contributed by atoms with Gasteiger partial charge in [-0.15, -0.1) is 13.2 Å². The van der Waals surface area contributed by atoms with Crippen LogP contribution in [0.2, 0.25) is 0 Å². The molecule has 0 spiro atoms. The molecule has 1 heterocycles. The van der Waals surface area contributed by atoms with Gasteiger partial charge < -0.3 is 0 Å². The molecule has 0 aromatic rings. The minimum atomic E-state index is -4.78. The minimum Gasteiger partial charge on any atom is -0.260 e. The Bertz CT molecular complexity index is 285. The van der Waals surface area contributed by atoms with Crippen LogP contribution in [-0.4, -0.2) is 11.3 Å². The zero-order chi connectivity index (χ0) is 10.1. The van der Waals surface area contributed by atoms with Gasteiger partial charge in [0.05, 0.1) is 0 Å². The summed E-state index contributed by atoms with van der Waals surface area (Å²) in [5, 5.41) is 9.97. The molecule has 0 fully saturated rings. The Morgan fingerprint density at radius 2 is 2.31 bits per heavy atom. The molecular formula is C6H3BrF3NOS. The predicted octanol–water partition coefficient (Wildman–Crippen LogP) is 3.12. The normalized spacial score (nSPS) is 28.4. The molecule has 1 atom stereocenters. The van der Waals surface area contributed by atoms with E-state index in [0.29, 0.717) is 16.2 Å². The van der Waals surface area contributed by atoms with Gasteiger partial charge in [-0.25, -0.2) is 0 Å². The first-order chi connectivity index (χ1) is 5.87. The number of ether oxygens (including phenoxy) is 1. The number of hydrogen-bond donors (Lipinski definition) is 0. The molecule has 0 saturated carbocycles. The van der Waals surface area contributed by atoms with Crippen LogP contribution in [0.15, 0.2) is 9.89 Å². The second-order valence-corrected chi connectivity index (χ2v) is 4.42. The van der Waals surface area contributed by atoms with Crippen LogP contribution in [0.5, 0.6) is 0 Å². The summed E-state index contributed by atoms with van der Waals surface area (Å²) in [4.78, 5) is -1.85. The molecule has 0 bridgehead atoms. The molecule has 0 saturated heterocycles. The van der Waals surface area contributed by atoms with Gasteiger partial charge in [0.25, 0.3) is 0 Å². The third-order valence-corrected chi connectivity index (χ3v) is 3.14. The molecule has 0 aliphatic carbocycles. The van der Waals surface area contributed by atoms with E-state index >= 15 is 0 Å². The zero-order valence-corrected chi connectivity index (χ0v) is 8.46. The first-order valence-corrected chi connectivity index (χ1v) is 4.75. The molecule has 0 aromatic carbocycles. The summed E-state index contributed by atoms with van der Waals surface area (Å²) in [5.41, 5.74) is 0. The average molecular weight is 274 g/mol. The molecular weight excluding hydrogens is 271 g/mol. The minimum absolute atomic E-state index is 0.0896. The van der Waals surface area contributed by atoms with Crippen molar-refractivity contribution in [2.24, 2.45) is 0 Å². The summed E-state index contributed by atoms with van der Waals surface area (Å²) in [6, 6.07) is 1.50. The van der Waals surface area contributed by atoms with Crippen LogP contribution in [0.25, 0.3) is 0 Å². The number of alkyl halides is 3. The predicted molar refractivity (Wildman–Crippen MR) is 44.7 cm³/mol. The van der Waals surface area contributed by atoms with Crippen LogP contribution in [0.4, 0.5) is 13.2 Å². The van der Waals surface area contributed by atoms with Crippen molar-refractivity contribution in [3.05, 3.63) is 9.89 Å². The first kappa shape index (κ1) is 10.9. The molecule has 2 nitrogen and oxygen atoms in total. The van der Waals surface area contributed by atoms with E-state index in [1.165, 1.54) is 11.5 Å². The SMILES string of the molecule is N#CC1(OC(F)(F)F)CC(Br)=CS1. The van der Waals surface area contributed by atoms with E-state index < -0.39 is 11.3 Å². The number of hydrogen-bond acceptors (Lipinski definition) is 3. The maximum absolute atomic E-state index is 11.8. The third kappa shape index (κ3) is 2.90. The van der Waals surface area contributed by atoms with Gasteiger partial charge in [-0.05, 0) is 5.41 Å². The molecule has 0 aromatic heterocycles. The highest BCUT2D eigenvalue weighted by Gasteiger charge is 2.46. The molecule has 1 unspecified atom stereocenters. The van der Waals surface area contributed by atoms with Crippen molar-refractivity contribution in [3.63, 3.8) is 0 Å². The molecule has 1 rings (SSSR count). The average Bonchev–Trinajstić information content (AvgIpc) is 2.29. The van der Waals surface area contributed by atoms with E-state index in [9.17, 15) is 13.2 Å². The summed E-state index contributed by atoms with van der Waals surface area (Å²) < 4.78 is 39.8. The number of thioether (sulfide) groups is 1. The highest BCUT2D eigenvalue weighted by atomic mass is 79.9. The lowest BCUT2D eigenvalue weighted by Gasteiger charge is -2.21. The Morgan fingerprint density at radius 3 is 2.62 bits per heavy atom. The van der Waals surface area contributed by atoms with E-state index in [2.05, 4.69) is 20.7 Å². The highest BCUT2D eigenvalue weighted by molar-refractivity contribution is 9.11. The summed E-state index contributed by atoms with van der Waals surface area (Å²) in [7, 11) is 0. The fourth-order valence-corrected chi connectivity index (χ4v) is 2.50. The Kier molecular flexibility index (Phi) is 2.95. The lowest BCUT2D eigenvalue weighted by atomic mass is 10.3. The Balaban J connectivity index is 2.71. The summed E-state index contributed by atoms with van der Waals surface area (Å²) >= 11 is 3.72. The molecule has 1 aliphatic rings. The summed E-state index contributed by atoms with van der Waals surface area (Å²) in [6.45, 7) is 0. The van der Waals surface area contributed by atoms with Crippen molar-refractivity contribution in [1.29, 1.82) is 5.26 Å². The van der Waals surface area contributed by atoms with E-state index in [1.54, 1.807) is 0 Å². The number of nitriles is 1. The molecule has 72 valence electrons. The Hall–Kier alpha value is -0.190. The van der Waals surface area contributed by atoms with E-state index in [0.717, 1.165) is 0 Å². The fourth-order valence-electron chi connectivity index (χ4n) is 0.801. The van der Waals surface area contributed by atoms with Crippen molar-refractivity contribution in [1.82, 2.24) is 0 Å². The zero-order valence-electron chi connectivity index (χ0n) is 6.06. The summed E-state index contributed by atoms with van der Waals surface area (Å²) in [6.07, 6.45) is -4.87. The van der Waals surface area contributed by atoms with Crippen LogP contribution in [0.1, 0.15) is 6.42 Å². The Morgan fingerprint density at radius 1 is 1.69 bits per heavy atom. The second-order valence-electron chi connectivity index (χ2n) is 2.27. The maximum atomic E-state index is 11.8. The van der Waals surface area contributed by atoms with Crippen LogP contribution >= 0.6 is 27.7 Å². The third-order valence-electron chi connectivity index (χ3n) is 1.23. The first-order valence-electron chi connectivity index (χ1n) is 3.07. The highest BCUT2D eigenvalue weighted by Crippen LogP contribution is 2.46. The van der Waals surface area contributed by atoms with Crippen molar-refractivity contribution in [2.75, 3.05) is 0 Å². The lowest BCUT2D eigenvalue weighted by molar-refractivity contribution is -0.340. The van der Waals surface area contributed by atoms with Gasteiger partial charge in [-0.1, -0.05) is 27.7 Å².